The third-order valence-electron chi connectivity index (χ3n) is 4.80. The minimum absolute atomic E-state index is 0.0135. The monoisotopic (exact) mass is 546 g/mol. The molecule has 9 nitrogen and oxygen atoms in total. The smallest absolute Gasteiger partial charge is 0.291 e. The molecular weight excluding hydrogens is 527 g/mol. The number of hydrogen-bond acceptors (Lipinski definition) is 7. The summed E-state index contributed by atoms with van der Waals surface area (Å²) in [5, 5.41) is 3.30. The van der Waals surface area contributed by atoms with Gasteiger partial charge >= 0.3 is 0 Å². The molecule has 2 aromatic carbocycles. The molecule has 0 fully saturated rings. The van der Waals surface area contributed by atoms with E-state index < -0.39 is 15.9 Å². The van der Waals surface area contributed by atoms with Gasteiger partial charge in [-0.25, -0.2) is 23.1 Å². The number of aromatic nitrogens is 2. The molecule has 2 N–H and O–H groups in total. The van der Waals surface area contributed by atoms with Gasteiger partial charge in [-0.1, -0.05) is 29.3 Å². The zero-order valence-electron chi connectivity index (χ0n) is 19.1. The number of rotatable bonds is 8. The lowest BCUT2D eigenvalue weighted by Crippen LogP contribution is -2.16. The van der Waals surface area contributed by atoms with Crippen LogP contribution in [0.4, 0.5) is 11.6 Å². The molecule has 2 heterocycles. The number of furan rings is 1. The molecule has 1 amide bonds. The molecule has 0 saturated carbocycles. The molecule has 0 spiro atoms. The van der Waals surface area contributed by atoms with Gasteiger partial charge in [0.05, 0.1) is 9.92 Å². The molecule has 0 atom stereocenters. The molecule has 0 aliphatic heterocycles. The number of hydrogen-bond donors (Lipinski definition) is 2. The number of nitrogens with zero attached hydrogens (tertiary/aromatic N) is 2. The van der Waals surface area contributed by atoms with Crippen molar-refractivity contribution in [1.29, 1.82) is 0 Å². The highest BCUT2D eigenvalue weighted by molar-refractivity contribution is 7.92. The van der Waals surface area contributed by atoms with Crippen LogP contribution in [0.1, 0.15) is 27.7 Å². The highest BCUT2D eigenvalue weighted by atomic mass is 35.5. The first-order valence-corrected chi connectivity index (χ1v) is 12.8. The Hall–Kier alpha value is -3.60. The number of benzene rings is 2. The Morgan fingerprint density at radius 1 is 1.00 bits per heavy atom. The summed E-state index contributed by atoms with van der Waals surface area (Å²) in [6.07, 6.45) is 0. The summed E-state index contributed by atoms with van der Waals surface area (Å²) >= 11 is 12.1. The minimum Gasteiger partial charge on any atom is -0.484 e. The third-order valence-corrected chi connectivity index (χ3v) is 6.95. The van der Waals surface area contributed by atoms with E-state index in [-0.39, 0.29) is 28.2 Å². The Kier molecular flexibility index (Phi) is 7.48. The maximum atomic E-state index is 12.7. The SMILES string of the molecule is Cc1cc(C)nc(NS(=O)(=O)c2ccc(NC(=O)c3ccc(COc4cccc(Cl)c4Cl)o3)cc2)n1. The van der Waals surface area contributed by atoms with Crippen LogP contribution >= 0.6 is 23.2 Å². The molecule has 12 heteroatoms. The van der Waals surface area contributed by atoms with Crippen molar-refractivity contribution in [2.24, 2.45) is 0 Å². The highest BCUT2D eigenvalue weighted by Crippen LogP contribution is 2.32. The quantitative estimate of drug-likeness (QED) is 0.293. The summed E-state index contributed by atoms with van der Waals surface area (Å²) in [5.74, 6) is 0.313. The van der Waals surface area contributed by atoms with Crippen LogP contribution in [0.25, 0.3) is 0 Å². The van der Waals surface area contributed by atoms with Crippen LogP contribution in [-0.4, -0.2) is 24.3 Å². The van der Waals surface area contributed by atoms with Crippen molar-refractivity contribution >= 4 is 50.8 Å². The average Bonchev–Trinajstić information content (AvgIpc) is 3.29. The first-order valence-electron chi connectivity index (χ1n) is 10.5. The normalized spacial score (nSPS) is 11.2. The van der Waals surface area contributed by atoms with E-state index in [1.807, 2.05) is 0 Å². The van der Waals surface area contributed by atoms with E-state index in [1.165, 1.54) is 30.3 Å². The summed E-state index contributed by atoms with van der Waals surface area (Å²) in [6, 6.07) is 15.5. The Morgan fingerprint density at radius 3 is 2.39 bits per heavy atom. The predicted octanol–water partition coefficient (Wildman–Crippen LogP) is 5.63. The van der Waals surface area contributed by atoms with Crippen molar-refractivity contribution < 1.29 is 22.4 Å². The number of sulfonamides is 1. The highest BCUT2D eigenvalue weighted by Gasteiger charge is 2.17. The lowest BCUT2D eigenvalue weighted by molar-refractivity contribution is 0.0992. The van der Waals surface area contributed by atoms with Gasteiger partial charge < -0.3 is 14.5 Å². The summed E-state index contributed by atoms with van der Waals surface area (Å²) < 4.78 is 38.8. The molecule has 0 saturated heterocycles. The molecule has 4 aromatic rings. The number of halogens is 2. The maximum Gasteiger partial charge on any atom is 0.291 e. The Balaban J connectivity index is 1.38. The molecule has 0 aliphatic carbocycles. The molecule has 0 bridgehead atoms. The van der Waals surface area contributed by atoms with Crippen molar-refractivity contribution in [1.82, 2.24) is 9.97 Å². The topological polar surface area (TPSA) is 123 Å². The van der Waals surface area contributed by atoms with E-state index in [9.17, 15) is 13.2 Å². The van der Waals surface area contributed by atoms with E-state index in [4.69, 9.17) is 32.4 Å². The molecular formula is C24H20Cl2N4O5S. The average molecular weight is 547 g/mol. The number of amides is 1. The van der Waals surface area contributed by atoms with Gasteiger partial charge in [0, 0.05) is 17.1 Å². The maximum absolute atomic E-state index is 12.7. The number of anilines is 2. The van der Waals surface area contributed by atoms with Gasteiger partial charge in [-0.2, -0.15) is 0 Å². The summed E-state index contributed by atoms with van der Waals surface area (Å²) in [7, 11) is -3.91. The van der Waals surface area contributed by atoms with E-state index in [2.05, 4.69) is 20.0 Å². The Labute approximate surface area is 217 Å². The van der Waals surface area contributed by atoms with Gasteiger partial charge in [0.2, 0.25) is 5.95 Å². The second-order valence-corrected chi connectivity index (χ2v) is 10.1. The number of ether oxygens (including phenoxy) is 1. The summed E-state index contributed by atoms with van der Waals surface area (Å²) in [4.78, 5) is 20.7. The van der Waals surface area contributed by atoms with Crippen LogP contribution in [0, 0.1) is 13.8 Å². The van der Waals surface area contributed by atoms with E-state index in [0.717, 1.165) is 0 Å². The van der Waals surface area contributed by atoms with Gasteiger partial charge in [0.1, 0.15) is 23.1 Å². The second-order valence-electron chi connectivity index (χ2n) is 7.66. The van der Waals surface area contributed by atoms with Crippen molar-refractivity contribution in [2.75, 3.05) is 10.0 Å². The standard InChI is InChI=1S/C24H20Cl2N4O5S/c1-14-12-15(2)28-24(27-14)30-36(32,33)18-9-6-16(7-10-18)29-23(31)21-11-8-17(35-21)13-34-20-5-3-4-19(25)22(20)26/h3-12H,13H2,1-2H3,(H,29,31)(H,27,28,30). The van der Waals surface area contributed by atoms with Gasteiger partial charge in [-0.3, -0.25) is 4.79 Å². The molecule has 36 heavy (non-hydrogen) atoms. The molecule has 0 aliphatic rings. The minimum atomic E-state index is -3.91. The number of carbonyl (C=O) groups excluding carboxylic acids is 1. The first-order chi connectivity index (χ1) is 17.1. The van der Waals surface area contributed by atoms with Crippen LogP contribution in [-0.2, 0) is 16.6 Å². The summed E-state index contributed by atoms with van der Waals surface area (Å²) in [6.45, 7) is 3.53. The predicted molar refractivity (Wildman–Crippen MR) is 136 cm³/mol. The van der Waals surface area contributed by atoms with Crippen molar-refractivity contribution in [2.45, 2.75) is 25.3 Å². The van der Waals surface area contributed by atoms with Crippen LogP contribution in [0.3, 0.4) is 0 Å². The van der Waals surface area contributed by atoms with E-state index in [0.29, 0.717) is 33.6 Å². The van der Waals surface area contributed by atoms with Crippen LogP contribution in [0.15, 0.2) is 70.0 Å². The van der Waals surface area contributed by atoms with Crippen molar-refractivity contribution in [3.8, 4) is 5.75 Å². The zero-order valence-corrected chi connectivity index (χ0v) is 21.4. The molecule has 0 radical (unpaired) electrons. The lowest BCUT2D eigenvalue weighted by atomic mass is 10.3. The van der Waals surface area contributed by atoms with E-state index in [1.54, 1.807) is 44.2 Å². The fourth-order valence-electron chi connectivity index (χ4n) is 3.18. The fraction of sp³-hybridized carbons (Fsp3) is 0.125. The van der Waals surface area contributed by atoms with Crippen LogP contribution < -0.4 is 14.8 Å². The van der Waals surface area contributed by atoms with Crippen molar-refractivity contribution in [3.63, 3.8) is 0 Å². The van der Waals surface area contributed by atoms with Gasteiger partial charge in [0.15, 0.2) is 5.76 Å². The van der Waals surface area contributed by atoms with Gasteiger partial charge in [-0.05, 0) is 68.4 Å². The van der Waals surface area contributed by atoms with Crippen LogP contribution in [0.2, 0.25) is 10.0 Å². The van der Waals surface area contributed by atoms with Gasteiger partial charge in [-0.15, -0.1) is 0 Å². The van der Waals surface area contributed by atoms with Crippen LogP contribution in [0.5, 0.6) is 5.75 Å². The number of nitrogens with one attached hydrogen (secondary N) is 2. The largest absolute Gasteiger partial charge is 0.484 e. The number of aryl methyl sites for hydroxylation is 2. The third kappa shape index (κ3) is 6.14. The number of carbonyl (C=O) groups is 1. The fourth-order valence-corrected chi connectivity index (χ4v) is 4.47. The molecule has 0 unspecified atom stereocenters. The summed E-state index contributed by atoms with van der Waals surface area (Å²) in [5.41, 5.74) is 1.65. The Morgan fingerprint density at radius 2 is 1.69 bits per heavy atom. The van der Waals surface area contributed by atoms with E-state index >= 15 is 0 Å². The molecule has 186 valence electrons. The Bertz CT molecular complexity index is 1500. The first kappa shape index (κ1) is 25.5. The lowest BCUT2D eigenvalue weighted by Gasteiger charge is -2.09. The zero-order chi connectivity index (χ0) is 25.9. The molecule has 2 aromatic heterocycles. The second kappa shape index (κ2) is 10.6. The van der Waals surface area contributed by atoms with Crippen molar-refractivity contribution in [3.05, 3.63) is 93.6 Å². The molecule has 4 rings (SSSR count). The van der Waals surface area contributed by atoms with Gasteiger partial charge in [0.25, 0.3) is 15.9 Å².